The summed E-state index contributed by atoms with van der Waals surface area (Å²) < 4.78 is 3.27. The highest BCUT2D eigenvalue weighted by atomic mass is 32.2. The van der Waals surface area contributed by atoms with Crippen LogP contribution < -0.4 is 4.72 Å². The number of anilines is 1. The topological polar surface area (TPSA) is 44.7 Å². The summed E-state index contributed by atoms with van der Waals surface area (Å²) >= 11 is 1.59. The fourth-order valence-electron chi connectivity index (χ4n) is 4.15. The van der Waals surface area contributed by atoms with Crippen LogP contribution in [0.15, 0.2) is 53.5 Å². The van der Waals surface area contributed by atoms with E-state index in [2.05, 4.69) is 53.3 Å². The molecular formula is C22H25N3OS. The minimum absolute atomic E-state index is 0.192. The van der Waals surface area contributed by atoms with Crippen molar-refractivity contribution < 1.29 is 4.79 Å². The number of carbonyl (C=O) groups is 1. The van der Waals surface area contributed by atoms with Crippen molar-refractivity contribution in [2.24, 2.45) is 4.99 Å². The molecule has 1 fully saturated rings. The van der Waals surface area contributed by atoms with Crippen molar-refractivity contribution >= 4 is 29.4 Å². The summed E-state index contributed by atoms with van der Waals surface area (Å²) in [6, 6.07) is 16.8. The van der Waals surface area contributed by atoms with Gasteiger partial charge in [0.15, 0.2) is 0 Å². The molecular weight excluding hydrogens is 354 g/mol. The van der Waals surface area contributed by atoms with E-state index in [1.807, 2.05) is 18.1 Å². The Morgan fingerprint density at radius 2 is 1.78 bits per heavy atom. The molecule has 1 saturated carbocycles. The van der Waals surface area contributed by atoms with Gasteiger partial charge >= 0.3 is 0 Å². The number of hydrogen-bond acceptors (Lipinski definition) is 4. The van der Waals surface area contributed by atoms with E-state index in [1.54, 1.807) is 11.9 Å². The fourth-order valence-corrected chi connectivity index (χ4v) is 4.51. The number of likely N-dealkylation sites (N-methyl/N-ethyl adjacent to an activating group) is 1. The van der Waals surface area contributed by atoms with Crippen LogP contribution in [-0.4, -0.2) is 35.0 Å². The molecule has 0 atom stereocenters. The number of amidine groups is 1. The molecule has 140 valence electrons. The lowest BCUT2D eigenvalue weighted by Crippen LogP contribution is -2.41. The molecule has 1 aliphatic heterocycles. The molecule has 5 heteroatoms. The molecule has 1 N–H and O–H groups in total. The van der Waals surface area contributed by atoms with Gasteiger partial charge in [0, 0.05) is 24.1 Å². The van der Waals surface area contributed by atoms with Crippen LogP contribution in [0.1, 0.15) is 38.2 Å². The number of benzene rings is 2. The van der Waals surface area contributed by atoms with E-state index in [1.165, 1.54) is 5.56 Å². The van der Waals surface area contributed by atoms with Crippen molar-refractivity contribution in [3.63, 3.8) is 0 Å². The average Bonchev–Trinajstić information content (AvgIpc) is 3.28. The first-order valence-electron chi connectivity index (χ1n) is 9.58. The number of aliphatic imine (C=N–C) groups is 1. The molecule has 2 aliphatic rings. The summed E-state index contributed by atoms with van der Waals surface area (Å²) in [7, 11) is 0. The maximum absolute atomic E-state index is 12.9. The number of carbonyl (C=O) groups excluding carboxylic acids is 1. The SMILES string of the molecule is CCN1C(=O)C2(CCCC2)N=C1c1ccc(-c2cccc(NSC)c2)cc1. The summed E-state index contributed by atoms with van der Waals surface area (Å²) in [6.07, 6.45) is 5.98. The number of hydrogen-bond donors (Lipinski definition) is 1. The van der Waals surface area contributed by atoms with Crippen LogP contribution in [0.5, 0.6) is 0 Å². The smallest absolute Gasteiger partial charge is 0.256 e. The quantitative estimate of drug-likeness (QED) is 0.747. The minimum atomic E-state index is -0.484. The van der Waals surface area contributed by atoms with Crippen LogP contribution in [0.3, 0.4) is 0 Å². The fraction of sp³-hybridized carbons (Fsp3) is 0.364. The Morgan fingerprint density at radius 1 is 1.07 bits per heavy atom. The van der Waals surface area contributed by atoms with E-state index in [4.69, 9.17) is 4.99 Å². The van der Waals surface area contributed by atoms with Crippen molar-refractivity contribution in [2.45, 2.75) is 38.1 Å². The lowest BCUT2D eigenvalue weighted by molar-refractivity contribution is -0.130. The van der Waals surface area contributed by atoms with Gasteiger partial charge in [-0.2, -0.15) is 0 Å². The van der Waals surface area contributed by atoms with Gasteiger partial charge in [0.25, 0.3) is 5.91 Å². The molecule has 0 unspecified atom stereocenters. The van der Waals surface area contributed by atoms with Gasteiger partial charge in [0.05, 0.1) is 0 Å². The van der Waals surface area contributed by atoms with Crippen molar-refractivity contribution in [1.82, 2.24) is 4.90 Å². The number of nitrogens with zero attached hydrogens (tertiary/aromatic N) is 2. The standard InChI is InChI=1S/C22H25N3OS/c1-3-25-20(23-22(21(25)26)13-4-5-14-22)17-11-9-16(10-12-17)18-7-6-8-19(15-18)24-27-2/h6-12,15,24H,3-5,13-14H2,1-2H3. The largest absolute Gasteiger partial charge is 0.330 e. The van der Waals surface area contributed by atoms with E-state index >= 15 is 0 Å². The second-order valence-corrected chi connectivity index (χ2v) is 7.80. The summed E-state index contributed by atoms with van der Waals surface area (Å²) in [5.74, 6) is 1.03. The minimum Gasteiger partial charge on any atom is -0.330 e. The second-order valence-electron chi connectivity index (χ2n) is 7.19. The Labute approximate surface area is 165 Å². The molecule has 4 nitrogen and oxygen atoms in total. The van der Waals surface area contributed by atoms with Crippen LogP contribution in [-0.2, 0) is 4.79 Å². The molecule has 1 amide bonds. The van der Waals surface area contributed by atoms with Crippen LogP contribution in [0.4, 0.5) is 5.69 Å². The Morgan fingerprint density at radius 3 is 2.44 bits per heavy atom. The monoisotopic (exact) mass is 379 g/mol. The van der Waals surface area contributed by atoms with Crippen molar-refractivity contribution in [2.75, 3.05) is 17.5 Å². The van der Waals surface area contributed by atoms with Crippen molar-refractivity contribution in [1.29, 1.82) is 0 Å². The zero-order chi connectivity index (χ0) is 18.9. The zero-order valence-electron chi connectivity index (χ0n) is 15.9. The van der Waals surface area contributed by atoms with Crippen LogP contribution in [0, 0.1) is 0 Å². The zero-order valence-corrected chi connectivity index (χ0v) is 16.7. The van der Waals surface area contributed by atoms with Gasteiger partial charge < -0.3 is 4.72 Å². The van der Waals surface area contributed by atoms with Gasteiger partial charge in [0.1, 0.15) is 11.4 Å². The Hall–Kier alpha value is -2.27. The van der Waals surface area contributed by atoms with Crippen LogP contribution >= 0.6 is 11.9 Å². The van der Waals surface area contributed by atoms with Crippen LogP contribution in [0.2, 0.25) is 0 Å². The molecule has 2 aromatic rings. The molecule has 1 spiro atoms. The summed E-state index contributed by atoms with van der Waals surface area (Å²) in [4.78, 5) is 19.7. The van der Waals surface area contributed by atoms with Gasteiger partial charge in [-0.25, -0.2) is 0 Å². The summed E-state index contributed by atoms with van der Waals surface area (Å²) in [5, 5.41) is 0. The normalized spacial score (nSPS) is 18.2. The molecule has 1 heterocycles. The highest BCUT2D eigenvalue weighted by Crippen LogP contribution is 2.40. The van der Waals surface area contributed by atoms with Gasteiger partial charge in [-0.05, 0) is 43.0 Å². The van der Waals surface area contributed by atoms with E-state index in [-0.39, 0.29) is 5.91 Å². The van der Waals surface area contributed by atoms with Crippen molar-refractivity contribution in [3.8, 4) is 11.1 Å². The highest BCUT2D eigenvalue weighted by Gasteiger charge is 2.49. The van der Waals surface area contributed by atoms with Gasteiger partial charge in [0.2, 0.25) is 0 Å². The number of amides is 1. The van der Waals surface area contributed by atoms with E-state index < -0.39 is 5.54 Å². The average molecular weight is 380 g/mol. The Balaban J connectivity index is 1.64. The van der Waals surface area contributed by atoms with Gasteiger partial charge in [-0.1, -0.05) is 61.2 Å². The van der Waals surface area contributed by atoms with Gasteiger partial charge in [-0.3, -0.25) is 14.7 Å². The lowest BCUT2D eigenvalue weighted by Gasteiger charge is -2.21. The van der Waals surface area contributed by atoms with Gasteiger partial charge in [-0.15, -0.1) is 0 Å². The molecule has 0 saturated heterocycles. The predicted octanol–water partition coefficient (Wildman–Crippen LogP) is 4.97. The molecule has 0 bridgehead atoms. The number of nitrogens with one attached hydrogen (secondary N) is 1. The first-order chi connectivity index (χ1) is 13.2. The first-order valence-corrected chi connectivity index (χ1v) is 10.8. The third kappa shape index (κ3) is 3.25. The Bertz CT molecular complexity index is 869. The molecule has 27 heavy (non-hydrogen) atoms. The summed E-state index contributed by atoms with van der Waals surface area (Å²) in [5.41, 5.74) is 3.96. The Kier molecular flexibility index (Phi) is 4.96. The summed E-state index contributed by atoms with van der Waals surface area (Å²) in [6.45, 7) is 2.70. The van der Waals surface area contributed by atoms with Crippen LogP contribution in [0.25, 0.3) is 11.1 Å². The molecule has 2 aromatic carbocycles. The molecule has 0 radical (unpaired) electrons. The van der Waals surface area contributed by atoms with Crippen molar-refractivity contribution in [3.05, 3.63) is 54.1 Å². The maximum Gasteiger partial charge on any atom is 0.256 e. The third-order valence-corrected chi connectivity index (χ3v) is 5.96. The molecule has 0 aromatic heterocycles. The second kappa shape index (κ2) is 7.39. The third-order valence-electron chi connectivity index (χ3n) is 5.52. The lowest BCUT2D eigenvalue weighted by atomic mass is 9.98. The molecule has 1 aliphatic carbocycles. The number of rotatable bonds is 5. The van der Waals surface area contributed by atoms with E-state index in [9.17, 15) is 4.79 Å². The maximum atomic E-state index is 12.9. The molecule has 4 rings (SSSR count). The first kappa shape index (κ1) is 18.1. The predicted molar refractivity (Wildman–Crippen MR) is 114 cm³/mol. The van der Waals surface area contributed by atoms with E-state index in [0.717, 1.165) is 48.3 Å². The highest BCUT2D eigenvalue weighted by molar-refractivity contribution is 7.99. The van der Waals surface area contributed by atoms with E-state index in [0.29, 0.717) is 6.54 Å².